The Labute approximate surface area is 43.1 Å². The van der Waals surface area contributed by atoms with E-state index < -0.39 is 0 Å². The van der Waals surface area contributed by atoms with Gasteiger partial charge in [-0.15, -0.1) is 0 Å². The second kappa shape index (κ2) is 2.98. The molecule has 0 heterocycles. The van der Waals surface area contributed by atoms with Gasteiger partial charge < -0.3 is 0 Å². The molecule has 0 N–H and O–H groups in total. The van der Waals surface area contributed by atoms with Crippen molar-refractivity contribution < 1.29 is 0 Å². The van der Waals surface area contributed by atoms with Crippen molar-refractivity contribution in [2.24, 2.45) is 0 Å². The average molecular weight is 103 g/mol. The van der Waals surface area contributed by atoms with E-state index in [0.717, 1.165) is 5.03 Å². The molecule has 0 aromatic carbocycles. The first kappa shape index (κ1) is 5.77. The van der Waals surface area contributed by atoms with Crippen molar-refractivity contribution in [3.8, 4) is 0 Å². The van der Waals surface area contributed by atoms with Crippen LogP contribution in [0.1, 0.15) is 6.92 Å². The lowest BCUT2D eigenvalue weighted by atomic mass is 10.5. The highest BCUT2D eigenvalue weighted by atomic mass is 35.5. The molecule has 0 amide bonds. The summed E-state index contributed by atoms with van der Waals surface area (Å²) >= 11 is 5.37. The Kier molecular flexibility index (Phi) is 2.87. The second-order valence-corrected chi connectivity index (χ2v) is 1.59. The molecule has 0 atom stereocenters. The molecule has 0 saturated heterocycles. The predicted octanol–water partition coefficient (Wildman–Crippen LogP) is 2.32. The van der Waals surface area contributed by atoms with Crippen molar-refractivity contribution in [1.82, 2.24) is 0 Å². The van der Waals surface area contributed by atoms with Crippen LogP contribution in [0.3, 0.4) is 0 Å². The fourth-order valence-corrected chi connectivity index (χ4v) is 0.251. The van der Waals surface area contributed by atoms with Crippen molar-refractivity contribution in [2.75, 3.05) is 0 Å². The van der Waals surface area contributed by atoms with Crippen molar-refractivity contribution in [2.45, 2.75) is 6.92 Å². The summed E-state index contributed by atoms with van der Waals surface area (Å²) in [5.74, 6) is 0. The van der Waals surface area contributed by atoms with Gasteiger partial charge >= 0.3 is 0 Å². The molecule has 0 aromatic rings. The van der Waals surface area contributed by atoms with Crippen LogP contribution in [-0.4, -0.2) is 0 Å². The molecule has 1 heteroatoms. The quantitative estimate of drug-likeness (QED) is 0.446. The van der Waals surface area contributed by atoms with Crippen LogP contribution in [0.2, 0.25) is 0 Å². The molecule has 0 bridgehead atoms. The molecule has 0 aliphatic rings. The van der Waals surface area contributed by atoms with Crippen molar-refractivity contribution in [3.05, 3.63) is 23.8 Å². The number of hydrogen-bond donors (Lipinski definition) is 0. The van der Waals surface area contributed by atoms with Gasteiger partial charge in [0.15, 0.2) is 0 Å². The van der Waals surface area contributed by atoms with Gasteiger partial charge in [0, 0.05) is 5.03 Å². The van der Waals surface area contributed by atoms with Crippen LogP contribution in [0.15, 0.2) is 23.8 Å². The fraction of sp³-hybridized carbons (Fsp3) is 0.200. The topological polar surface area (TPSA) is 0 Å². The van der Waals surface area contributed by atoms with Crippen molar-refractivity contribution >= 4 is 11.6 Å². The average Bonchev–Trinajstić information content (AvgIpc) is 1.35. The molecule has 0 unspecified atom stereocenters. The summed E-state index contributed by atoms with van der Waals surface area (Å²) in [4.78, 5) is 0. The van der Waals surface area contributed by atoms with Crippen LogP contribution in [0.25, 0.3) is 0 Å². The molecule has 0 rings (SSSR count). The van der Waals surface area contributed by atoms with Gasteiger partial charge in [-0.3, -0.25) is 0 Å². The molecule has 34 valence electrons. The number of hydrogen-bond acceptors (Lipinski definition) is 0. The van der Waals surface area contributed by atoms with E-state index in [4.69, 9.17) is 11.6 Å². The van der Waals surface area contributed by atoms with E-state index in [9.17, 15) is 0 Å². The fourth-order valence-electron chi connectivity index (χ4n) is 0.162. The SMILES string of the molecule is C=CC=C(C)Cl. The zero-order chi connectivity index (χ0) is 4.99. The van der Waals surface area contributed by atoms with Crippen LogP contribution < -0.4 is 0 Å². The number of allylic oxidation sites excluding steroid dienone is 3. The summed E-state index contributed by atoms with van der Waals surface area (Å²) in [6, 6.07) is 0. The monoisotopic (exact) mass is 102 g/mol. The predicted molar refractivity (Wildman–Crippen MR) is 29.8 cm³/mol. The maximum atomic E-state index is 5.37. The van der Waals surface area contributed by atoms with E-state index >= 15 is 0 Å². The molecule has 0 aromatic heterocycles. The van der Waals surface area contributed by atoms with Crippen LogP contribution >= 0.6 is 11.6 Å². The first-order valence-corrected chi connectivity index (χ1v) is 2.10. The van der Waals surface area contributed by atoms with E-state index in [1.807, 2.05) is 6.92 Å². The molecular formula is C5H7Cl. The van der Waals surface area contributed by atoms with E-state index in [1.54, 1.807) is 12.2 Å². The third kappa shape index (κ3) is 3.77. The van der Waals surface area contributed by atoms with E-state index in [-0.39, 0.29) is 0 Å². The number of halogens is 1. The van der Waals surface area contributed by atoms with E-state index in [2.05, 4.69) is 6.58 Å². The third-order valence-electron chi connectivity index (χ3n) is 0.348. The Morgan fingerprint density at radius 3 is 2.33 bits per heavy atom. The lowest BCUT2D eigenvalue weighted by Gasteiger charge is -1.72. The Balaban J connectivity index is 3.41. The molecule has 0 fully saturated rings. The van der Waals surface area contributed by atoms with E-state index in [1.165, 1.54) is 0 Å². The summed E-state index contributed by atoms with van der Waals surface area (Å²) < 4.78 is 0. The summed E-state index contributed by atoms with van der Waals surface area (Å²) in [5, 5.41) is 0.769. The minimum atomic E-state index is 0.769. The van der Waals surface area contributed by atoms with Gasteiger partial charge in [-0.1, -0.05) is 24.3 Å². The Bertz CT molecular complexity index is 68.0. The first-order chi connectivity index (χ1) is 2.77. The molecule has 0 aliphatic carbocycles. The van der Waals surface area contributed by atoms with Crippen LogP contribution in [-0.2, 0) is 0 Å². The highest BCUT2D eigenvalue weighted by molar-refractivity contribution is 6.29. The smallest absolute Gasteiger partial charge is 0.0149 e. The summed E-state index contributed by atoms with van der Waals surface area (Å²) in [6.45, 7) is 5.25. The normalized spacial score (nSPS) is 11.3. The zero-order valence-corrected chi connectivity index (χ0v) is 4.50. The molecule has 0 aliphatic heterocycles. The lowest BCUT2D eigenvalue weighted by molar-refractivity contribution is 1.67. The highest BCUT2D eigenvalue weighted by Gasteiger charge is 1.67. The van der Waals surface area contributed by atoms with Crippen molar-refractivity contribution in [3.63, 3.8) is 0 Å². The van der Waals surface area contributed by atoms with Gasteiger partial charge in [0.05, 0.1) is 0 Å². The van der Waals surface area contributed by atoms with Gasteiger partial charge in [-0.05, 0) is 13.0 Å². The second-order valence-electron chi connectivity index (χ2n) is 0.989. The molecule has 0 saturated carbocycles. The molecule has 0 spiro atoms. The number of rotatable bonds is 1. The minimum Gasteiger partial charge on any atom is -0.0990 e. The summed E-state index contributed by atoms with van der Waals surface area (Å²) in [5.41, 5.74) is 0. The molecule has 0 radical (unpaired) electrons. The lowest BCUT2D eigenvalue weighted by Crippen LogP contribution is -1.48. The largest absolute Gasteiger partial charge is 0.0990 e. The maximum Gasteiger partial charge on any atom is 0.0149 e. The Morgan fingerprint density at radius 2 is 2.33 bits per heavy atom. The molecular weight excluding hydrogens is 95.5 g/mol. The summed E-state index contributed by atoms with van der Waals surface area (Å²) in [6.07, 6.45) is 3.39. The van der Waals surface area contributed by atoms with Crippen LogP contribution in [0.4, 0.5) is 0 Å². The van der Waals surface area contributed by atoms with E-state index in [0.29, 0.717) is 0 Å². The van der Waals surface area contributed by atoms with Gasteiger partial charge in [-0.25, -0.2) is 0 Å². The highest BCUT2D eigenvalue weighted by Crippen LogP contribution is 1.95. The zero-order valence-electron chi connectivity index (χ0n) is 3.74. The van der Waals surface area contributed by atoms with Gasteiger partial charge in [0.2, 0.25) is 0 Å². The first-order valence-electron chi connectivity index (χ1n) is 1.72. The van der Waals surface area contributed by atoms with Gasteiger partial charge in [-0.2, -0.15) is 0 Å². The Morgan fingerprint density at radius 1 is 1.83 bits per heavy atom. The van der Waals surface area contributed by atoms with Crippen LogP contribution in [0, 0.1) is 0 Å². The van der Waals surface area contributed by atoms with Crippen LogP contribution in [0.5, 0.6) is 0 Å². The molecule has 6 heavy (non-hydrogen) atoms. The summed E-state index contributed by atoms with van der Waals surface area (Å²) in [7, 11) is 0. The Hall–Kier alpha value is -0.230. The minimum absolute atomic E-state index is 0.769. The van der Waals surface area contributed by atoms with Gasteiger partial charge in [0.1, 0.15) is 0 Å². The maximum absolute atomic E-state index is 5.37. The van der Waals surface area contributed by atoms with Gasteiger partial charge in [0.25, 0.3) is 0 Å². The standard InChI is InChI=1S/C5H7Cl/c1-3-4-5(2)6/h3-4H,1H2,2H3. The third-order valence-corrected chi connectivity index (χ3v) is 0.474. The van der Waals surface area contributed by atoms with Crippen molar-refractivity contribution in [1.29, 1.82) is 0 Å². The molecule has 0 nitrogen and oxygen atoms in total.